The van der Waals surface area contributed by atoms with Crippen molar-refractivity contribution >= 4 is 29.7 Å². The topological polar surface area (TPSA) is 46.3 Å². The van der Waals surface area contributed by atoms with Gasteiger partial charge in [-0.2, -0.15) is 0 Å². The Kier molecular flexibility index (Phi) is 4.77. The van der Waals surface area contributed by atoms with Crippen LogP contribution >= 0.6 is 23.7 Å². The van der Waals surface area contributed by atoms with Crippen molar-refractivity contribution in [3.8, 4) is 0 Å². The van der Waals surface area contributed by atoms with E-state index in [0.29, 0.717) is 17.9 Å². The van der Waals surface area contributed by atoms with E-state index < -0.39 is 0 Å². The quantitative estimate of drug-likeness (QED) is 0.912. The van der Waals surface area contributed by atoms with E-state index in [2.05, 4.69) is 19.9 Å². The molecule has 2 N–H and O–H groups in total. The number of hydrogen-bond donors (Lipinski definition) is 1. The van der Waals surface area contributed by atoms with Crippen molar-refractivity contribution in [3.05, 3.63) is 21.4 Å². The molecule has 1 aromatic heterocycles. The summed E-state index contributed by atoms with van der Waals surface area (Å²) in [7, 11) is 0. The Morgan fingerprint density at radius 3 is 2.80 bits per heavy atom. The van der Waals surface area contributed by atoms with Gasteiger partial charge in [-0.3, -0.25) is 4.79 Å². The van der Waals surface area contributed by atoms with Gasteiger partial charge in [0.25, 0.3) is 5.91 Å². The van der Waals surface area contributed by atoms with Crippen LogP contribution in [0.3, 0.4) is 0 Å². The fraction of sp³-hybridized carbons (Fsp3) is 0.667. The van der Waals surface area contributed by atoms with Gasteiger partial charge in [-0.25, -0.2) is 0 Å². The van der Waals surface area contributed by atoms with Crippen LogP contribution in [0.2, 0.25) is 0 Å². The Morgan fingerprint density at radius 2 is 2.20 bits per heavy atom. The number of aryl methyl sites for hydroxylation is 2. The van der Waals surface area contributed by atoms with E-state index >= 15 is 0 Å². The standard InChI is InChI=1S/C15H22N2OS.ClH/c1-3-13-9(2)6-14(19-13)15(18)17-7-10-4-5-12(16)11(10)8-17;/h6,10-12H,3-5,7-8,16H2,1-2H3;1H. The van der Waals surface area contributed by atoms with Gasteiger partial charge in [-0.15, -0.1) is 23.7 Å². The Morgan fingerprint density at radius 1 is 1.45 bits per heavy atom. The molecule has 0 spiro atoms. The smallest absolute Gasteiger partial charge is 0.263 e. The molecule has 1 aliphatic carbocycles. The summed E-state index contributed by atoms with van der Waals surface area (Å²) in [6, 6.07) is 2.36. The molecule has 112 valence electrons. The van der Waals surface area contributed by atoms with Crippen molar-refractivity contribution in [2.45, 2.75) is 39.2 Å². The molecule has 3 unspecified atom stereocenters. The van der Waals surface area contributed by atoms with Crippen LogP contribution in [0.5, 0.6) is 0 Å². The normalized spacial score (nSPS) is 28.4. The molecule has 0 radical (unpaired) electrons. The number of nitrogens with two attached hydrogens (primary N) is 1. The number of amides is 1. The zero-order chi connectivity index (χ0) is 13.6. The van der Waals surface area contributed by atoms with Gasteiger partial charge in [-0.05, 0) is 49.7 Å². The van der Waals surface area contributed by atoms with E-state index in [1.807, 2.05) is 4.90 Å². The van der Waals surface area contributed by atoms with Crippen LogP contribution in [0.1, 0.15) is 39.9 Å². The molecule has 1 aliphatic heterocycles. The average Bonchev–Trinajstić information content (AvgIpc) is 3.05. The van der Waals surface area contributed by atoms with E-state index in [9.17, 15) is 4.79 Å². The van der Waals surface area contributed by atoms with Crippen LogP contribution in [0.15, 0.2) is 6.07 Å². The summed E-state index contributed by atoms with van der Waals surface area (Å²) in [5.74, 6) is 1.40. The van der Waals surface area contributed by atoms with Gasteiger partial charge in [0.1, 0.15) is 0 Å². The third-order valence-corrected chi connectivity index (χ3v) is 6.12. The molecular weight excluding hydrogens is 292 g/mol. The van der Waals surface area contributed by atoms with E-state index in [1.54, 1.807) is 11.3 Å². The average molecular weight is 315 g/mol. The Bertz CT molecular complexity index is 502. The van der Waals surface area contributed by atoms with Crippen LogP contribution < -0.4 is 5.73 Å². The fourth-order valence-corrected chi connectivity index (χ4v) is 4.69. The molecule has 20 heavy (non-hydrogen) atoms. The number of thiophene rings is 1. The summed E-state index contributed by atoms with van der Waals surface area (Å²) < 4.78 is 0. The number of halogens is 1. The van der Waals surface area contributed by atoms with Gasteiger partial charge in [0.05, 0.1) is 4.88 Å². The largest absolute Gasteiger partial charge is 0.337 e. The summed E-state index contributed by atoms with van der Waals surface area (Å²) in [6.45, 7) is 6.02. The van der Waals surface area contributed by atoms with Crippen LogP contribution in [0, 0.1) is 18.8 Å². The zero-order valence-corrected chi connectivity index (χ0v) is 13.7. The molecule has 1 aromatic rings. The molecule has 1 amide bonds. The zero-order valence-electron chi connectivity index (χ0n) is 12.1. The Hall–Kier alpha value is -0.580. The third kappa shape index (κ3) is 2.61. The van der Waals surface area contributed by atoms with Crippen LogP contribution in [0.25, 0.3) is 0 Å². The van der Waals surface area contributed by atoms with Crippen LogP contribution in [0.4, 0.5) is 0 Å². The van der Waals surface area contributed by atoms with Gasteiger partial charge >= 0.3 is 0 Å². The van der Waals surface area contributed by atoms with E-state index in [-0.39, 0.29) is 18.3 Å². The molecule has 2 aliphatic rings. The first-order valence-electron chi connectivity index (χ1n) is 7.24. The molecule has 5 heteroatoms. The maximum absolute atomic E-state index is 12.6. The molecular formula is C15H23ClN2OS. The van der Waals surface area contributed by atoms with Gasteiger partial charge < -0.3 is 10.6 Å². The summed E-state index contributed by atoms with van der Waals surface area (Å²) in [4.78, 5) is 16.8. The van der Waals surface area contributed by atoms with Crippen molar-refractivity contribution in [2.75, 3.05) is 13.1 Å². The highest BCUT2D eigenvalue weighted by molar-refractivity contribution is 7.14. The SMILES string of the molecule is CCc1sc(C(=O)N2CC3CCC(N)C3C2)cc1C.Cl. The lowest BCUT2D eigenvalue weighted by Gasteiger charge is -2.17. The summed E-state index contributed by atoms with van der Waals surface area (Å²) in [5, 5.41) is 0. The van der Waals surface area contributed by atoms with Gasteiger partial charge in [0, 0.05) is 24.0 Å². The first kappa shape index (κ1) is 15.8. The number of nitrogens with zero attached hydrogens (tertiary/aromatic N) is 1. The Labute approximate surface area is 130 Å². The predicted molar refractivity (Wildman–Crippen MR) is 85.8 cm³/mol. The van der Waals surface area contributed by atoms with E-state index in [0.717, 1.165) is 30.8 Å². The maximum atomic E-state index is 12.6. The highest BCUT2D eigenvalue weighted by Gasteiger charge is 2.42. The van der Waals surface area contributed by atoms with Crippen molar-refractivity contribution in [1.82, 2.24) is 4.90 Å². The highest BCUT2D eigenvalue weighted by atomic mass is 35.5. The molecule has 2 fully saturated rings. The second-order valence-electron chi connectivity index (χ2n) is 5.95. The first-order valence-corrected chi connectivity index (χ1v) is 8.06. The lowest BCUT2D eigenvalue weighted by atomic mass is 9.98. The van der Waals surface area contributed by atoms with Gasteiger partial charge in [0.2, 0.25) is 0 Å². The van der Waals surface area contributed by atoms with Crippen molar-refractivity contribution in [3.63, 3.8) is 0 Å². The number of likely N-dealkylation sites (tertiary alicyclic amines) is 1. The molecule has 1 saturated heterocycles. The monoisotopic (exact) mass is 314 g/mol. The highest BCUT2D eigenvalue weighted by Crippen LogP contribution is 2.38. The molecule has 3 nitrogen and oxygen atoms in total. The summed E-state index contributed by atoms with van der Waals surface area (Å²) in [6.07, 6.45) is 3.34. The molecule has 3 rings (SSSR count). The lowest BCUT2D eigenvalue weighted by Crippen LogP contribution is -2.33. The number of carbonyl (C=O) groups is 1. The Balaban J connectivity index is 0.00000147. The van der Waals surface area contributed by atoms with Crippen molar-refractivity contribution in [1.29, 1.82) is 0 Å². The van der Waals surface area contributed by atoms with Crippen molar-refractivity contribution in [2.24, 2.45) is 17.6 Å². The van der Waals surface area contributed by atoms with E-state index in [4.69, 9.17) is 5.73 Å². The summed E-state index contributed by atoms with van der Waals surface area (Å²) >= 11 is 1.66. The number of hydrogen-bond acceptors (Lipinski definition) is 3. The number of rotatable bonds is 2. The fourth-order valence-electron chi connectivity index (χ4n) is 3.61. The molecule has 3 atom stereocenters. The minimum atomic E-state index is 0. The minimum absolute atomic E-state index is 0. The lowest BCUT2D eigenvalue weighted by molar-refractivity contribution is 0.0784. The maximum Gasteiger partial charge on any atom is 0.263 e. The predicted octanol–water partition coefficient (Wildman–Crippen LogP) is 2.85. The molecule has 2 heterocycles. The second kappa shape index (κ2) is 6.04. The van der Waals surface area contributed by atoms with E-state index in [1.165, 1.54) is 16.9 Å². The third-order valence-electron chi connectivity index (χ3n) is 4.75. The number of fused-ring (bicyclic) bond motifs is 1. The van der Waals surface area contributed by atoms with Crippen molar-refractivity contribution < 1.29 is 4.79 Å². The second-order valence-corrected chi connectivity index (χ2v) is 7.08. The molecule has 1 saturated carbocycles. The molecule has 0 bridgehead atoms. The number of carbonyl (C=O) groups excluding carboxylic acids is 1. The first-order chi connectivity index (χ1) is 9.10. The van der Waals surface area contributed by atoms with Gasteiger partial charge in [0.15, 0.2) is 0 Å². The van der Waals surface area contributed by atoms with Crippen LogP contribution in [-0.2, 0) is 6.42 Å². The van der Waals surface area contributed by atoms with Gasteiger partial charge in [-0.1, -0.05) is 6.92 Å². The molecule has 0 aromatic carbocycles. The summed E-state index contributed by atoms with van der Waals surface area (Å²) in [5.41, 5.74) is 7.39. The minimum Gasteiger partial charge on any atom is -0.337 e. The van der Waals surface area contributed by atoms with Crippen LogP contribution in [-0.4, -0.2) is 29.9 Å².